The van der Waals surface area contributed by atoms with E-state index in [0.717, 1.165) is 42.8 Å². The fourth-order valence-electron chi connectivity index (χ4n) is 3.00. The molecule has 0 unspecified atom stereocenters. The maximum absolute atomic E-state index is 12.0. The highest BCUT2D eigenvalue weighted by atomic mass is 16.3. The fourth-order valence-corrected chi connectivity index (χ4v) is 3.00. The minimum absolute atomic E-state index is 0.0453. The molecule has 0 bridgehead atoms. The lowest BCUT2D eigenvalue weighted by atomic mass is 9.95. The fraction of sp³-hybridized carbons (Fsp3) is 0.529. The Hall–Kier alpha value is -1.92. The highest BCUT2D eigenvalue weighted by Gasteiger charge is 2.28. The second kappa shape index (κ2) is 7.10. The van der Waals surface area contributed by atoms with Gasteiger partial charge in [-0.1, -0.05) is 12.1 Å². The van der Waals surface area contributed by atoms with Crippen LogP contribution in [0.4, 0.5) is 0 Å². The molecule has 1 fully saturated rings. The Kier molecular flexibility index (Phi) is 4.93. The van der Waals surface area contributed by atoms with Gasteiger partial charge >= 0.3 is 0 Å². The number of aromatic nitrogens is 2. The molecule has 0 spiro atoms. The van der Waals surface area contributed by atoms with E-state index in [0.29, 0.717) is 25.8 Å². The van der Waals surface area contributed by atoms with E-state index >= 15 is 0 Å². The van der Waals surface area contributed by atoms with Crippen molar-refractivity contribution in [1.82, 2.24) is 20.6 Å². The molecule has 1 saturated heterocycles. The zero-order valence-corrected chi connectivity index (χ0v) is 13.3. The van der Waals surface area contributed by atoms with Gasteiger partial charge in [0, 0.05) is 19.4 Å². The van der Waals surface area contributed by atoms with Crippen LogP contribution in [0, 0.1) is 0 Å². The highest BCUT2D eigenvalue weighted by molar-refractivity contribution is 5.77. The van der Waals surface area contributed by atoms with Gasteiger partial charge in [-0.15, -0.1) is 0 Å². The third-order valence-corrected chi connectivity index (χ3v) is 4.40. The van der Waals surface area contributed by atoms with Crippen molar-refractivity contribution >= 4 is 16.9 Å². The first kappa shape index (κ1) is 16.0. The van der Waals surface area contributed by atoms with Crippen molar-refractivity contribution in [2.45, 2.75) is 37.7 Å². The molecule has 23 heavy (non-hydrogen) atoms. The number of hydrogen-bond acceptors (Lipinski definition) is 4. The largest absolute Gasteiger partial charge is 0.388 e. The number of aliphatic hydroxyl groups is 1. The Balaban J connectivity index is 1.47. The summed E-state index contributed by atoms with van der Waals surface area (Å²) in [5.41, 5.74) is 1.13. The minimum Gasteiger partial charge on any atom is -0.388 e. The van der Waals surface area contributed by atoms with Crippen LogP contribution in [0.15, 0.2) is 24.3 Å². The van der Waals surface area contributed by atoms with E-state index in [2.05, 4.69) is 20.6 Å². The molecule has 1 aliphatic rings. The molecule has 1 aromatic heterocycles. The van der Waals surface area contributed by atoms with Crippen LogP contribution in [-0.4, -0.2) is 46.2 Å². The van der Waals surface area contributed by atoms with E-state index < -0.39 is 5.60 Å². The zero-order valence-electron chi connectivity index (χ0n) is 13.3. The van der Waals surface area contributed by atoms with E-state index in [1.54, 1.807) is 0 Å². The molecular weight excluding hydrogens is 292 g/mol. The van der Waals surface area contributed by atoms with Gasteiger partial charge in [0.25, 0.3) is 0 Å². The van der Waals surface area contributed by atoms with Crippen LogP contribution < -0.4 is 10.6 Å². The second-order valence-electron chi connectivity index (χ2n) is 6.31. The van der Waals surface area contributed by atoms with Crippen LogP contribution in [0.25, 0.3) is 11.0 Å². The summed E-state index contributed by atoms with van der Waals surface area (Å²) in [6, 6.07) is 7.83. The third kappa shape index (κ3) is 4.30. The average molecular weight is 316 g/mol. The predicted molar refractivity (Wildman–Crippen MR) is 89.1 cm³/mol. The molecule has 3 rings (SSSR count). The van der Waals surface area contributed by atoms with Crippen molar-refractivity contribution in [2.24, 2.45) is 0 Å². The van der Waals surface area contributed by atoms with Gasteiger partial charge in [0.2, 0.25) is 5.91 Å². The van der Waals surface area contributed by atoms with Gasteiger partial charge in [-0.2, -0.15) is 0 Å². The Bertz CT molecular complexity index is 626. The number of imidazole rings is 1. The standard InChI is InChI=1S/C17H24N4O2/c22-16(19-12-17(23)8-3-10-18-11-9-17)7-6-15-20-13-4-1-2-5-14(13)21-15/h1-2,4-5,18,23H,3,6-12H2,(H,19,22)(H,20,21)/t17-/m1/s1. The first-order chi connectivity index (χ1) is 11.1. The topological polar surface area (TPSA) is 90.0 Å². The number of H-pyrrole nitrogens is 1. The summed E-state index contributed by atoms with van der Waals surface area (Å²) in [6.07, 6.45) is 3.28. The number of hydrogen-bond donors (Lipinski definition) is 4. The van der Waals surface area contributed by atoms with Crippen LogP contribution in [0.1, 0.15) is 31.5 Å². The van der Waals surface area contributed by atoms with E-state index in [4.69, 9.17) is 0 Å². The first-order valence-corrected chi connectivity index (χ1v) is 8.28. The van der Waals surface area contributed by atoms with Gasteiger partial charge in [-0.3, -0.25) is 4.79 Å². The summed E-state index contributed by atoms with van der Waals surface area (Å²) in [4.78, 5) is 19.7. The van der Waals surface area contributed by atoms with Crippen LogP contribution in [0.5, 0.6) is 0 Å². The number of nitrogens with zero attached hydrogens (tertiary/aromatic N) is 1. The Morgan fingerprint density at radius 2 is 2.17 bits per heavy atom. The van der Waals surface area contributed by atoms with Crippen LogP contribution in [0.2, 0.25) is 0 Å². The van der Waals surface area contributed by atoms with Crippen molar-refractivity contribution in [3.8, 4) is 0 Å². The summed E-state index contributed by atoms with van der Waals surface area (Å²) in [7, 11) is 0. The maximum atomic E-state index is 12.0. The second-order valence-corrected chi connectivity index (χ2v) is 6.31. The van der Waals surface area contributed by atoms with Crippen LogP contribution in [-0.2, 0) is 11.2 Å². The zero-order chi connectivity index (χ0) is 16.1. The Morgan fingerprint density at radius 3 is 3.04 bits per heavy atom. The summed E-state index contributed by atoms with van der Waals surface area (Å²) in [6.45, 7) is 2.06. The van der Waals surface area contributed by atoms with Gasteiger partial charge in [0.15, 0.2) is 0 Å². The summed E-state index contributed by atoms with van der Waals surface area (Å²) >= 11 is 0. The normalized spacial score (nSPS) is 22.0. The van der Waals surface area contributed by atoms with E-state index in [1.165, 1.54) is 0 Å². The number of rotatable bonds is 5. The van der Waals surface area contributed by atoms with E-state index in [1.807, 2.05) is 24.3 Å². The summed E-state index contributed by atoms with van der Waals surface area (Å²) in [5, 5.41) is 16.6. The van der Waals surface area contributed by atoms with Crippen LogP contribution >= 0.6 is 0 Å². The molecule has 1 amide bonds. The number of aryl methyl sites for hydroxylation is 1. The number of amides is 1. The first-order valence-electron chi connectivity index (χ1n) is 8.28. The smallest absolute Gasteiger partial charge is 0.220 e. The van der Waals surface area contributed by atoms with Crippen molar-refractivity contribution in [2.75, 3.05) is 19.6 Å². The molecule has 124 valence electrons. The van der Waals surface area contributed by atoms with Crippen molar-refractivity contribution < 1.29 is 9.90 Å². The monoisotopic (exact) mass is 316 g/mol. The number of carbonyl (C=O) groups excluding carboxylic acids is 1. The molecule has 6 nitrogen and oxygen atoms in total. The van der Waals surface area contributed by atoms with E-state index in [9.17, 15) is 9.90 Å². The molecule has 1 atom stereocenters. The third-order valence-electron chi connectivity index (χ3n) is 4.40. The Labute approximate surface area is 135 Å². The number of nitrogens with one attached hydrogen (secondary N) is 3. The molecule has 1 aliphatic heterocycles. The Morgan fingerprint density at radius 1 is 1.30 bits per heavy atom. The predicted octanol–water partition coefficient (Wildman–Crippen LogP) is 1.12. The molecule has 0 saturated carbocycles. The van der Waals surface area contributed by atoms with Gasteiger partial charge in [-0.25, -0.2) is 4.98 Å². The molecule has 1 aromatic carbocycles. The molecule has 0 radical (unpaired) electrons. The van der Waals surface area contributed by atoms with Crippen molar-refractivity contribution in [1.29, 1.82) is 0 Å². The number of para-hydroxylation sites is 2. The molecular formula is C17H24N4O2. The number of carbonyl (C=O) groups is 1. The SMILES string of the molecule is O=C(CCc1nc2ccccc2[nH]1)NC[C@@]1(O)CCCNCC1. The summed E-state index contributed by atoms with van der Waals surface area (Å²) in [5.74, 6) is 0.773. The maximum Gasteiger partial charge on any atom is 0.220 e. The summed E-state index contributed by atoms with van der Waals surface area (Å²) < 4.78 is 0. The van der Waals surface area contributed by atoms with Gasteiger partial charge in [0.1, 0.15) is 5.82 Å². The lowest BCUT2D eigenvalue weighted by molar-refractivity contribution is -0.122. The van der Waals surface area contributed by atoms with Gasteiger partial charge in [-0.05, 0) is 44.5 Å². The number of fused-ring (bicyclic) bond motifs is 1. The average Bonchev–Trinajstić information content (AvgIpc) is 2.85. The molecule has 2 aromatic rings. The number of aromatic amines is 1. The van der Waals surface area contributed by atoms with Gasteiger partial charge in [0.05, 0.1) is 16.6 Å². The van der Waals surface area contributed by atoms with E-state index in [-0.39, 0.29) is 5.91 Å². The van der Waals surface area contributed by atoms with Crippen LogP contribution in [0.3, 0.4) is 0 Å². The number of benzene rings is 1. The van der Waals surface area contributed by atoms with Gasteiger partial charge < -0.3 is 20.7 Å². The highest BCUT2D eigenvalue weighted by Crippen LogP contribution is 2.18. The molecule has 6 heteroatoms. The lowest BCUT2D eigenvalue weighted by Gasteiger charge is -2.26. The quantitative estimate of drug-likeness (QED) is 0.665. The van der Waals surface area contributed by atoms with Crippen molar-refractivity contribution in [3.05, 3.63) is 30.1 Å². The molecule has 4 N–H and O–H groups in total. The minimum atomic E-state index is -0.779. The molecule has 2 heterocycles. The molecule has 0 aliphatic carbocycles. The van der Waals surface area contributed by atoms with Crippen molar-refractivity contribution in [3.63, 3.8) is 0 Å². The lowest BCUT2D eigenvalue weighted by Crippen LogP contribution is -2.43.